The number of nitrogens with one attached hydrogen (secondary N) is 1. The zero-order valence-corrected chi connectivity index (χ0v) is 10.3. The molecular weight excluding hydrogens is 214 g/mol. The molecule has 0 aliphatic rings. The number of tetrazole rings is 1. The fourth-order valence-corrected chi connectivity index (χ4v) is 1.48. The zero-order chi connectivity index (χ0) is 11.4. The van der Waals surface area contributed by atoms with Gasteiger partial charge >= 0.3 is 0 Å². The highest BCUT2D eigenvalue weighted by Crippen LogP contribution is 2.08. The predicted octanol–water partition coefficient (Wildman–Crippen LogP) is -0.279. The molecule has 1 aromatic heterocycles. The number of hydrogen-bond donors (Lipinski definition) is 1. The summed E-state index contributed by atoms with van der Waals surface area (Å²) < 4.78 is 12.9. The van der Waals surface area contributed by atoms with Crippen LogP contribution in [0.3, 0.4) is 0 Å². The molecule has 3 unspecified atom stereocenters. The molecule has 0 radical (unpaired) electrons. The van der Waals surface area contributed by atoms with E-state index in [1.165, 1.54) is 0 Å². The Morgan fingerprint density at radius 1 is 1.53 bits per heavy atom. The first-order chi connectivity index (χ1) is 7.06. The van der Waals surface area contributed by atoms with Gasteiger partial charge in [-0.25, -0.2) is 4.68 Å². The van der Waals surface area contributed by atoms with Crippen LogP contribution in [0.2, 0.25) is 0 Å². The Morgan fingerprint density at radius 3 is 2.73 bits per heavy atom. The molecule has 0 saturated heterocycles. The van der Waals surface area contributed by atoms with E-state index in [4.69, 9.17) is 0 Å². The van der Waals surface area contributed by atoms with Crippen LogP contribution < -0.4 is 5.32 Å². The van der Waals surface area contributed by atoms with E-state index in [2.05, 4.69) is 20.8 Å². The minimum Gasteiger partial charge on any atom is -0.311 e. The lowest BCUT2D eigenvalue weighted by Gasteiger charge is -2.12. The van der Waals surface area contributed by atoms with Crippen LogP contribution in [0.5, 0.6) is 0 Å². The molecule has 15 heavy (non-hydrogen) atoms. The van der Waals surface area contributed by atoms with Crippen LogP contribution in [0, 0.1) is 0 Å². The normalized spacial score (nSPS) is 17.3. The molecule has 0 amide bonds. The van der Waals surface area contributed by atoms with Crippen LogP contribution in [0.25, 0.3) is 0 Å². The van der Waals surface area contributed by atoms with Crippen molar-refractivity contribution in [3.05, 3.63) is 5.82 Å². The summed E-state index contributed by atoms with van der Waals surface area (Å²) in [4.78, 5) is 0. The van der Waals surface area contributed by atoms with Crippen molar-refractivity contribution >= 4 is 10.8 Å². The van der Waals surface area contributed by atoms with Crippen molar-refractivity contribution in [2.45, 2.75) is 31.7 Å². The average molecular weight is 231 g/mol. The maximum absolute atomic E-state index is 11.2. The van der Waals surface area contributed by atoms with Gasteiger partial charge in [0.1, 0.15) is 0 Å². The van der Waals surface area contributed by atoms with Gasteiger partial charge in [0.25, 0.3) is 0 Å². The van der Waals surface area contributed by atoms with E-state index in [0.717, 1.165) is 5.82 Å². The third-order valence-electron chi connectivity index (χ3n) is 2.38. The lowest BCUT2D eigenvalue weighted by molar-refractivity contribution is 0.507. The van der Waals surface area contributed by atoms with E-state index in [1.54, 1.807) is 10.9 Å². The Balaban J connectivity index is 2.77. The molecular formula is C8H17N5OS. The Bertz CT molecular complexity index is 340. The molecule has 7 heteroatoms. The van der Waals surface area contributed by atoms with Gasteiger partial charge in [0.2, 0.25) is 0 Å². The van der Waals surface area contributed by atoms with E-state index in [9.17, 15) is 4.21 Å². The van der Waals surface area contributed by atoms with Gasteiger partial charge in [-0.1, -0.05) is 0 Å². The van der Waals surface area contributed by atoms with E-state index < -0.39 is 10.8 Å². The molecule has 1 N–H and O–H groups in total. The van der Waals surface area contributed by atoms with Crippen molar-refractivity contribution in [3.8, 4) is 0 Å². The first-order valence-electron chi connectivity index (χ1n) is 4.81. The molecule has 0 aromatic carbocycles. The zero-order valence-electron chi connectivity index (χ0n) is 9.47. The Labute approximate surface area is 91.9 Å². The smallest absolute Gasteiger partial charge is 0.167 e. The lowest BCUT2D eigenvalue weighted by atomic mass is 10.3. The highest BCUT2D eigenvalue weighted by Gasteiger charge is 2.15. The summed E-state index contributed by atoms with van der Waals surface area (Å²) in [7, 11) is 0.997. The second-order valence-electron chi connectivity index (χ2n) is 3.54. The van der Waals surface area contributed by atoms with Gasteiger partial charge < -0.3 is 5.32 Å². The molecule has 1 heterocycles. The summed E-state index contributed by atoms with van der Waals surface area (Å²) in [6.45, 7) is 4.48. The van der Waals surface area contributed by atoms with Crippen LogP contribution >= 0.6 is 0 Å². The number of nitrogens with zero attached hydrogens (tertiary/aromatic N) is 4. The minimum atomic E-state index is -0.855. The van der Waals surface area contributed by atoms with Crippen molar-refractivity contribution in [1.29, 1.82) is 0 Å². The highest BCUT2D eigenvalue weighted by molar-refractivity contribution is 7.84. The van der Waals surface area contributed by atoms with Crippen molar-refractivity contribution in [3.63, 3.8) is 0 Å². The van der Waals surface area contributed by atoms with Crippen molar-refractivity contribution in [1.82, 2.24) is 25.5 Å². The topological polar surface area (TPSA) is 72.7 Å². The third-order valence-corrected chi connectivity index (χ3v) is 3.66. The highest BCUT2D eigenvalue weighted by atomic mass is 32.2. The number of aromatic nitrogens is 4. The predicted molar refractivity (Wildman–Crippen MR) is 58.8 cm³/mol. The molecule has 0 aliphatic heterocycles. The Morgan fingerprint density at radius 2 is 2.20 bits per heavy atom. The summed E-state index contributed by atoms with van der Waals surface area (Å²) in [5.41, 5.74) is 0. The van der Waals surface area contributed by atoms with Gasteiger partial charge in [-0.3, -0.25) is 4.21 Å². The summed E-state index contributed by atoms with van der Waals surface area (Å²) in [5, 5.41) is 14.6. The van der Waals surface area contributed by atoms with E-state index >= 15 is 0 Å². The molecule has 1 rings (SSSR count). The van der Waals surface area contributed by atoms with Crippen molar-refractivity contribution in [2.75, 3.05) is 13.3 Å². The van der Waals surface area contributed by atoms with E-state index in [1.807, 2.05) is 20.9 Å². The number of hydrogen-bond acceptors (Lipinski definition) is 5. The fourth-order valence-electron chi connectivity index (χ4n) is 1.13. The second kappa shape index (κ2) is 5.32. The molecule has 0 spiro atoms. The van der Waals surface area contributed by atoms with Gasteiger partial charge in [-0.2, -0.15) is 0 Å². The Hall–Kier alpha value is -0.820. The first-order valence-corrected chi connectivity index (χ1v) is 6.44. The maximum Gasteiger partial charge on any atom is 0.167 e. The summed E-state index contributed by atoms with van der Waals surface area (Å²) in [6, 6.07) is 0.0949. The van der Waals surface area contributed by atoms with Crippen molar-refractivity contribution < 1.29 is 4.21 Å². The quantitative estimate of drug-likeness (QED) is 0.754. The van der Waals surface area contributed by atoms with E-state index in [0.29, 0.717) is 6.54 Å². The average Bonchev–Trinajstić information content (AvgIpc) is 2.64. The van der Waals surface area contributed by atoms with Crippen LogP contribution in [0.15, 0.2) is 0 Å². The molecule has 6 nitrogen and oxygen atoms in total. The molecule has 0 fully saturated rings. The SMILES string of the molecule is CNC(C)c1nnnn1CC(C)S(C)=O. The largest absolute Gasteiger partial charge is 0.311 e. The molecule has 0 saturated carbocycles. The van der Waals surface area contributed by atoms with Crippen LogP contribution in [-0.2, 0) is 17.3 Å². The van der Waals surface area contributed by atoms with Crippen molar-refractivity contribution in [2.24, 2.45) is 0 Å². The minimum absolute atomic E-state index is 0.0521. The molecule has 86 valence electrons. The standard InChI is InChI=1S/C8H17N5OS/c1-6(15(4)14)5-13-8(7(2)9-3)10-11-12-13/h6-7,9H,5H2,1-4H3. The summed E-state index contributed by atoms with van der Waals surface area (Å²) in [5.74, 6) is 0.773. The molecule has 3 atom stereocenters. The van der Waals surface area contributed by atoms with Gasteiger partial charge in [-0.15, -0.1) is 5.10 Å². The summed E-state index contributed by atoms with van der Waals surface area (Å²) >= 11 is 0. The Kier molecular flexibility index (Phi) is 4.34. The van der Waals surface area contributed by atoms with Gasteiger partial charge in [0.15, 0.2) is 5.82 Å². The van der Waals surface area contributed by atoms with E-state index in [-0.39, 0.29) is 11.3 Å². The lowest BCUT2D eigenvalue weighted by Crippen LogP contribution is -2.24. The van der Waals surface area contributed by atoms with Crippen LogP contribution in [0.4, 0.5) is 0 Å². The number of rotatable bonds is 5. The first kappa shape index (κ1) is 12.3. The fraction of sp³-hybridized carbons (Fsp3) is 0.875. The van der Waals surface area contributed by atoms with Gasteiger partial charge in [0, 0.05) is 17.1 Å². The van der Waals surface area contributed by atoms with Gasteiger partial charge in [0.05, 0.1) is 17.8 Å². The van der Waals surface area contributed by atoms with Gasteiger partial charge in [-0.05, 0) is 31.3 Å². The molecule has 0 aliphatic carbocycles. The molecule has 0 bridgehead atoms. The van der Waals surface area contributed by atoms with Crippen LogP contribution in [0.1, 0.15) is 25.7 Å². The van der Waals surface area contributed by atoms with Crippen LogP contribution in [-0.4, -0.2) is 43.0 Å². The summed E-state index contributed by atoms with van der Waals surface area (Å²) in [6.07, 6.45) is 1.69. The molecule has 1 aromatic rings. The maximum atomic E-state index is 11.2. The monoisotopic (exact) mass is 231 g/mol. The second-order valence-corrected chi connectivity index (χ2v) is 5.34. The third kappa shape index (κ3) is 3.07.